The van der Waals surface area contributed by atoms with Crippen LogP contribution < -0.4 is 10.1 Å². The van der Waals surface area contributed by atoms with Gasteiger partial charge in [-0.3, -0.25) is 15.0 Å². The van der Waals surface area contributed by atoms with Crippen molar-refractivity contribution in [3.05, 3.63) is 53.8 Å². The number of rotatable bonds is 10. The number of carbonyl (C=O) groups excluding carboxylic acids is 4. The summed E-state index contributed by atoms with van der Waals surface area (Å²) in [7, 11) is 0. The molecule has 34 heavy (non-hydrogen) atoms. The molecule has 0 bridgehead atoms. The first-order valence-corrected chi connectivity index (χ1v) is 10.8. The number of fused-ring (bicyclic) bond motifs is 1. The number of nitrogens with one attached hydrogen (secondary N) is 2. The van der Waals surface area contributed by atoms with E-state index in [2.05, 4.69) is 10.1 Å². The SMILES string of the molecule is CC(C)OC(=O)COc1ccc(C(=O)CN2C=C3C=CC(CNC(=O)OC=N)C(=O)C3C2)cc1. The molecule has 1 aliphatic carbocycles. The first kappa shape index (κ1) is 24.7. The molecule has 3 rings (SSSR count). The van der Waals surface area contributed by atoms with Gasteiger partial charge < -0.3 is 24.4 Å². The van der Waals surface area contributed by atoms with E-state index in [-0.39, 0.29) is 43.3 Å². The van der Waals surface area contributed by atoms with Gasteiger partial charge >= 0.3 is 12.1 Å². The second-order valence-electron chi connectivity index (χ2n) is 8.16. The summed E-state index contributed by atoms with van der Waals surface area (Å²) in [6, 6.07) is 6.49. The Bertz CT molecular complexity index is 1010. The molecule has 2 atom stereocenters. The second kappa shape index (κ2) is 11.3. The molecule has 2 unspecified atom stereocenters. The van der Waals surface area contributed by atoms with Crippen LogP contribution in [0.15, 0.2) is 48.2 Å². The van der Waals surface area contributed by atoms with Crippen LogP contribution in [-0.2, 0) is 19.1 Å². The standard InChI is InChI=1S/C24H27N3O7/c1-15(2)34-22(29)13-32-19-7-5-16(6-8-19)21(28)12-27-10-18-4-3-17(23(30)20(18)11-27)9-26-24(31)33-14-25/h3-8,10,14-15,17,20,25H,9,11-13H2,1-2H3,(H,26,31). The third kappa shape index (κ3) is 6.53. The van der Waals surface area contributed by atoms with E-state index in [1.165, 1.54) is 0 Å². The highest BCUT2D eigenvalue weighted by Gasteiger charge is 2.36. The molecule has 0 saturated carbocycles. The summed E-state index contributed by atoms with van der Waals surface area (Å²) in [6.45, 7) is 3.86. The molecule has 1 aromatic carbocycles. The maximum absolute atomic E-state index is 12.8. The van der Waals surface area contributed by atoms with Crippen LogP contribution in [0.1, 0.15) is 24.2 Å². The number of carbonyl (C=O) groups is 4. The zero-order chi connectivity index (χ0) is 24.7. The quantitative estimate of drug-likeness (QED) is 0.230. The maximum Gasteiger partial charge on any atom is 0.413 e. The Kier molecular flexibility index (Phi) is 8.18. The molecular weight excluding hydrogens is 442 g/mol. The third-order valence-corrected chi connectivity index (χ3v) is 5.26. The lowest BCUT2D eigenvalue weighted by molar-refractivity contribution is -0.149. The molecule has 1 amide bonds. The van der Waals surface area contributed by atoms with Crippen molar-refractivity contribution >= 4 is 30.0 Å². The molecule has 1 aromatic rings. The number of amides is 1. The molecule has 2 aliphatic rings. The van der Waals surface area contributed by atoms with E-state index in [1.54, 1.807) is 49.1 Å². The Morgan fingerprint density at radius 2 is 1.97 bits per heavy atom. The predicted octanol–water partition coefficient (Wildman–Crippen LogP) is 2.10. The lowest BCUT2D eigenvalue weighted by atomic mass is 9.83. The number of ketones is 2. The number of alkyl carbamates (subject to hydrolysis) is 1. The first-order valence-electron chi connectivity index (χ1n) is 10.8. The van der Waals surface area contributed by atoms with Gasteiger partial charge in [0.25, 0.3) is 0 Å². The van der Waals surface area contributed by atoms with Crippen molar-refractivity contribution in [3.63, 3.8) is 0 Å². The third-order valence-electron chi connectivity index (χ3n) is 5.26. The van der Waals surface area contributed by atoms with Crippen LogP contribution >= 0.6 is 0 Å². The number of hydrogen-bond donors (Lipinski definition) is 2. The largest absolute Gasteiger partial charge is 0.482 e. The summed E-state index contributed by atoms with van der Waals surface area (Å²) in [4.78, 5) is 50.2. The van der Waals surface area contributed by atoms with E-state index in [0.717, 1.165) is 5.57 Å². The molecule has 2 N–H and O–H groups in total. The average Bonchev–Trinajstić information content (AvgIpc) is 3.20. The van der Waals surface area contributed by atoms with E-state index in [0.29, 0.717) is 24.3 Å². The monoisotopic (exact) mass is 469 g/mol. The van der Waals surface area contributed by atoms with Gasteiger partial charge in [0.2, 0.25) is 0 Å². The molecule has 0 fully saturated rings. The van der Waals surface area contributed by atoms with Crippen molar-refractivity contribution in [2.75, 3.05) is 26.2 Å². The zero-order valence-electron chi connectivity index (χ0n) is 19.0. The van der Waals surface area contributed by atoms with Gasteiger partial charge in [0.1, 0.15) is 5.75 Å². The number of esters is 1. The summed E-state index contributed by atoms with van der Waals surface area (Å²) in [5, 5.41) is 9.19. The van der Waals surface area contributed by atoms with Crippen molar-refractivity contribution < 1.29 is 33.4 Å². The number of hydrogen-bond acceptors (Lipinski definition) is 9. The Balaban J connectivity index is 1.50. The summed E-state index contributed by atoms with van der Waals surface area (Å²) < 4.78 is 14.8. The van der Waals surface area contributed by atoms with E-state index < -0.39 is 18.0 Å². The molecule has 180 valence electrons. The van der Waals surface area contributed by atoms with Crippen LogP contribution in [0.25, 0.3) is 0 Å². The van der Waals surface area contributed by atoms with Gasteiger partial charge in [0.05, 0.1) is 24.5 Å². The molecule has 0 spiro atoms. The average molecular weight is 469 g/mol. The summed E-state index contributed by atoms with van der Waals surface area (Å²) in [6.07, 6.45) is 4.87. The molecule has 1 aliphatic heterocycles. The lowest BCUT2D eigenvalue weighted by Crippen LogP contribution is -2.38. The maximum atomic E-state index is 12.8. The van der Waals surface area contributed by atoms with E-state index in [9.17, 15) is 19.2 Å². The molecule has 10 heteroatoms. The molecule has 10 nitrogen and oxygen atoms in total. The minimum absolute atomic E-state index is 0.0450. The van der Waals surface area contributed by atoms with Crippen LogP contribution in [0.2, 0.25) is 0 Å². The number of ether oxygens (including phenoxy) is 3. The predicted molar refractivity (Wildman–Crippen MR) is 122 cm³/mol. The van der Waals surface area contributed by atoms with Gasteiger partial charge in [-0.05, 0) is 43.7 Å². The number of benzene rings is 1. The van der Waals surface area contributed by atoms with E-state index in [1.807, 2.05) is 12.3 Å². The first-order chi connectivity index (χ1) is 16.3. The van der Waals surface area contributed by atoms with Crippen LogP contribution in [0.4, 0.5) is 4.79 Å². The van der Waals surface area contributed by atoms with Crippen LogP contribution in [0.5, 0.6) is 5.75 Å². The van der Waals surface area contributed by atoms with Crippen LogP contribution in [-0.4, -0.2) is 67.3 Å². The fourth-order valence-electron chi connectivity index (χ4n) is 3.71. The molecule has 0 radical (unpaired) electrons. The zero-order valence-corrected chi connectivity index (χ0v) is 19.0. The van der Waals surface area contributed by atoms with Crippen LogP contribution in [0.3, 0.4) is 0 Å². The van der Waals surface area contributed by atoms with E-state index >= 15 is 0 Å². The van der Waals surface area contributed by atoms with E-state index in [4.69, 9.17) is 14.9 Å². The van der Waals surface area contributed by atoms with Crippen molar-refractivity contribution in [2.24, 2.45) is 11.8 Å². The number of Topliss-reactive ketones (excluding diaryl/α,β-unsaturated/α-hetero) is 2. The minimum Gasteiger partial charge on any atom is -0.482 e. The van der Waals surface area contributed by atoms with Gasteiger partial charge in [0.15, 0.2) is 24.6 Å². The smallest absolute Gasteiger partial charge is 0.413 e. The molecule has 0 saturated heterocycles. The Hall–Kier alpha value is -3.95. The Morgan fingerprint density at radius 3 is 2.65 bits per heavy atom. The van der Waals surface area contributed by atoms with Crippen molar-refractivity contribution in [1.82, 2.24) is 10.2 Å². The summed E-state index contributed by atoms with van der Waals surface area (Å²) in [5.74, 6) is -1.05. The van der Waals surface area contributed by atoms with Crippen LogP contribution in [0, 0.1) is 17.2 Å². The Morgan fingerprint density at radius 1 is 1.24 bits per heavy atom. The number of allylic oxidation sites excluding steroid dienone is 1. The van der Waals surface area contributed by atoms with Gasteiger partial charge in [-0.1, -0.05) is 12.2 Å². The normalized spacial score (nSPS) is 18.7. The second-order valence-corrected chi connectivity index (χ2v) is 8.16. The molecule has 0 aromatic heterocycles. The Labute approximate surface area is 197 Å². The minimum atomic E-state index is -0.789. The highest BCUT2D eigenvalue weighted by atomic mass is 16.6. The fraction of sp³-hybridized carbons (Fsp3) is 0.375. The van der Waals surface area contributed by atoms with Gasteiger partial charge in [-0.25, -0.2) is 9.59 Å². The topological polar surface area (TPSA) is 135 Å². The molecular formula is C24H27N3O7. The summed E-state index contributed by atoms with van der Waals surface area (Å²) in [5.41, 5.74) is 1.31. The van der Waals surface area contributed by atoms with Gasteiger partial charge in [-0.15, -0.1) is 0 Å². The van der Waals surface area contributed by atoms with Gasteiger partial charge in [-0.2, -0.15) is 0 Å². The summed E-state index contributed by atoms with van der Waals surface area (Å²) >= 11 is 0. The highest BCUT2D eigenvalue weighted by molar-refractivity contribution is 5.98. The van der Waals surface area contributed by atoms with Crippen molar-refractivity contribution in [1.29, 1.82) is 5.41 Å². The number of nitrogens with zero attached hydrogens (tertiary/aromatic N) is 1. The van der Waals surface area contributed by atoms with Crippen molar-refractivity contribution in [3.8, 4) is 5.75 Å². The van der Waals surface area contributed by atoms with Gasteiger partial charge in [0, 0.05) is 24.9 Å². The lowest BCUT2D eigenvalue weighted by Gasteiger charge is -2.23. The fourth-order valence-corrected chi connectivity index (χ4v) is 3.71. The highest BCUT2D eigenvalue weighted by Crippen LogP contribution is 2.31. The van der Waals surface area contributed by atoms with Crippen molar-refractivity contribution in [2.45, 2.75) is 20.0 Å². The molecule has 1 heterocycles.